The second-order valence-corrected chi connectivity index (χ2v) is 10.2. The molecule has 29 heavy (non-hydrogen) atoms. The fourth-order valence-electron chi connectivity index (χ4n) is 4.23. The Morgan fingerprint density at radius 2 is 1.86 bits per heavy atom. The third kappa shape index (κ3) is 6.19. The fourth-order valence-corrected chi connectivity index (χ4v) is 4.97. The Kier molecular flexibility index (Phi) is 7.22. The molecule has 2 aromatic rings. The third-order valence-corrected chi connectivity index (χ3v) is 6.69. The summed E-state index contributed by atoms with van der Waals surface area (Å²) in [6.07, 6.45) is 6.28. The van der Waals surface area contributed by atoms with E-state index < -0.39 is 10.0 Å². The molecule has 158 valence electrons. The number of rotatable bonds is 8. The van der Waals surface area contributed by atoms with Crippen LogP contribution in [0, 0.1) is 0 Å². The van der Waals surface area contributed by atoms with Crippen LogP contribution in [-0.2, 0) is 21.9 Å². The van der Waals surface area contributed by atoms with Crippen LogP contribution in [0.5, 0.6) is 0 Å². The van der Waals surface area contributed by atoms with Crippen molar-refractivity contribution in [2.24, 2.45) is 5.73 Å². The Morgan fingerprint density at radius 1 is 1.14 bits per heavy atom. The molecule has 0 unspecified atom stereocenters. The van der Waals surface area contributed by atoms with E-state index >= 15 is 0 Å². The van der Waals surface area contributed by atoms with Crippen molar-refractivity contribution in [2.45, 2.75) is 43.6 Å². The van der Waals surface area contributed by atoms with Crippen molar-refractivity contribution in [1.82, 2.24) is 5.32 Å². The molecule has 4 N–H and O–H groups in total. The number of hydrogen-bond donors (Lipinski definition) is 3. The Labute approximate surface area is 179 Å². The van der Waals surface area contributed by atoms with E-state index in [2.05, 4.69) is 22.2 Å². The molecular formula is C22H30ClN3O2S. The van der Waals surface area contributed by atoms with E-state index in [-0.39, 0.29) is 5.41 Å². The second kappa shape index (κ2) is 9.47. The fraction of sp³-hybridized carbons (Fsp3) is 0.455. The van der Waals surface area contributed by atoms with Gasteiger partial charge >= 0.3 is 0 Å². The quantitative estimate of drug-likeness (QED) is 0.590. The lowest BCUT2D eigenvalue weighted by Crippen LogP contribution is -2.44. The lowest BCUT2D eigenvalue weighted by molar-refractivity contribution is 0.252. The van der Waals surface area contributed by atoms with Crippen LogP contribution in [0.25, 0.3) is 0 Å². The molecule has 1 aliphatic rings. The van der Waals surface area contributed by atoms with E-state index in [1.807, 2.05) is 30.3 Å². The number of anilines is 1. The second-order valence-electron chi connectivity index (χ2n) is 8.05. The molecule has 0 aromatic heterocycles. The summed E-state index contributed by atoms with van der Waals surface area (Å²) in [5, 5.41) is 4.42. The predicted octanol–water partition coefficient (Wildman–Crippen LogP) is 3.68. The molecule has 1 fully saturated rings. The van der Waals surface area contributed by atoms with Crippen LogP contribution in [0.1, 0.15) is 36.8 Å². The first-order valence-electron chi connectivity index (χ1n) is 10.1. The Hall–Kier alpha value is -1.60. The van der Waals surface area contributed by atoms with Gasteiger partial charge in [-0.3, -0.25) is 4.72 Å². The average molecular weight is 436 g/mol. The first-order chi connectivity index (χ1) is 13.8. The number of benzene rings is 2. The molecular weight excluding hydrogens is 406 g/mol. The summed E-state index contributed by atoms with van der Waals surface area (Å²) in [7, 11) is -3.25. The maximum absolute atomic E-state index is 11.4. The van der Waals surface area contributed by atoms with E-state index in [4.69, 9.17) is 17.3 Å². The highest BCUT2D eigenvalue weighted by atomic mass is 35.5. The zero-order valence-electron chi connectivity index (χ0n) is 16.8. The summed E-state index contributed by atoms with van der Waals surface area (Å²) in [5.41, 5.74) is 9.18. The van der Waals surface area contributed by atoms with Gasteiger partial charge in [0.2, 0.25) is 10.0 Å². The van der Waals surface area contributed by atoms with Gasteiger partial charge in [-0.2, -0.15) is 0 Å². The highest BCUT2D eigenvalue weighted by Crippen LogP contribution is 2.39. The van der Waals surface area contributed by atoms with E-state index in [1.54, 1.807) is 6.07 Å². The van der Waals surface area contributed by atoms with Crippen molar-refractivity contribution < 1.29 is 8.42 Å². The van der Waals surface area contributed by atoms with Gasteiger partial charge in [-0.25, -0.2) is 8.42 Å². The van der Waals surface area contributed by atoms with E-state index in [0.29, 0.717) is 18.3 Å². The molecule has 1 saturated carbocycles. The van der Waals surface area contributed by atoms with E-state index in [1.165, 1.54) is 5.56 Å². The molecule has 0 saturated heterocycles. The third-order valence-electron chi connectivity index (χ3n) is 5.85. The molecule has 0 amide bonds. The maximum Gasteiger partial charge on any atom is 0.229 e. The number of nitrogens with two attached hydrogens (primary N) is 1. The largest absolute Gasteiger partial charge is 0.330 e. The number of halogens is 1. The topological polar surface area (TPSA) is 84.2 Å². The molecule has 7 heteroatoms. The molecule has 0 radical (unpaired) electrons. The normalized spacial score (nSPS) is 22.4. The van der Waals surface area contributed by atoms with Gasteiger partial charge in [0, 0.05) is 28.7 Å². The van der Waals surface area contributed by atoms with Gasteiger partial charge < -0.3 is 11.1 Å². The Balaban J connectivity index is 1.51. The molecule has 0 spiro atoms. The van der Waals surface area contributed by atoms with Crippen LogP contribution >= 0.6 is 11.6 Å². The Morgan fingerprint density at radius 3 is 2.52 bits per heavy atom. The van der Waals surface area contributed by atoms with Crippen molar-refractivity contribution in [3.05, 3.63) is 64.7 Å². The number of nitrogens with one attached hydrogen (secondary N) is 2. The lowest BCUT2D eigenvalue weighted by Gasteiger charge is -2.40. The monoisotopic (exact) mass is 435 g/mol. The van der Waals surface area contributed by atoms with E-state index in [0.717, 1.165) is 55.5 Å². The minimum atomic E-state index is -3.25. The SMILES string of the molecule is CS(=O)(=O)Nc1cccc(CCN[C@H]2CC[C@](CN)(c3cccc(Cl)c3)CC2)c1. The highest BCUT2D eigenvalue weighted by Gasteiger charge is 2.35. The summed E-state index contributed by atoms with van der Waals surface area (Å²) in [6.45, 7) is 1.50. The van der Waals surface area contributed by atoms with Gasteiger partial charge in [0.15, 0.2) is 0 Å². The molecule has 0 atom stereocenters. The van der Waals surface area contributed by atoms with Crippen LogP contribution in [0.15, 0.2) is 48.5 Å². The standard InChI is InChI=1S/C22H30ClN3O2S/c1-29(27,28)26-21-7-2-4-17(14-21)10-13-25-20-8-11-22(16-24,12-9-20)18-5-3-6-19(23)15-18/h2-7,14-15,20,25-26H,8-13,16,24H2,1H3/t20-,22-. The predicted molar refractivity (Wildman–Crippen MR) is 121 cm³/mol. The van der Waals surface area contributed by atoms with Gasteiger partial charge in [0.1, 0.15) is 0 Å². The summed E-state index contributed by atoms with van der Waals surface area (Å²) < 4.78 is 25.3. The molecule has 0 bridgehead atoms. The molecule has 1 aliphatic carbocycles. The maximum atomic E-state index is 11.4. The minimum Gasteiger partial charge on any atom is -0.330 e. The zero-order chi connectivity index (χ0) is 20.9. The van der Waals surface area contributed by atoms with Crippen molar-refractivity contribution in [3.8, 4) is 0 Å². The van der Waals surface area contributed by atoms with E-state index in [9.17, 15) is 8.42 Å². The summed E-state index contributed by atoms with van der Waals surface area (Å²) in [4.78, 5) is 0. The lowest BCUT2D eigenvalue weighted by atomic mass is 9.68. The average Bonchev–Trinajstić information content (AvgIpc) is 2.68. The van der Waals surface area contributed by atoms with Crippen LogP contribution in [0.2, 0.25) is 5.02 Å². The summed E-state index contributed by atoms with van der Waals surface area (Å²) in [6, 6.07) is 16.1. The number of sulfonamides is 1. The van der Waals surface area contributed by atoms with Crippen LogP contribution in [0.3, 0.4) is 0 Å². The molecule has 0 heterocycles. The Bertz CT molecular complexity index is 925. The summed E-state index contributed by atoms with van der Waals surface area (Å²) >= 11 is 6.19. The van der Waals surface area contributed by atoms with Crippen LogP contribution < -0.4 is 15.8 Å². The van der Waals surface area contributed by atoms with Crippen LogP contribution in [-0.4, -0.2) is 33.8 Å². The van der Waals surface area contributed by atoms with Crippen LogP contribution in [0.4, 0.5) is 5.69 Å². The van der Waals surface area contributed by atoms with Crippen molar-refractivity contribution >= 4 is 27.3 Å². The smallest absolute Gasteiger partial charge is 0.229 e. The zero-order valence-corrected chi connectivity index (χ0v) is 18.4. The van der Waals surface area contributed by atoms with Gasteiger partial charge in [-0.05, 0) is 74.0 Å². The molecule has 2 aromatic carbocycles. The van der Waals surface area contributed by atoms with Gasteiger partial charge in [0.05, 0.1) is 6.26 Å². The first kappa shape index (κ1) is 22.1. The van der Waals surface area contributed by atoms with Gasteiger partial charge in [0.25, 0.3) is 0 Å². The van der Waals surface area contributed by atoms with Gasteiger partial charge in [-0.1, -0.05) is 35.9 Å². The summed E-state index contributed by atoms with van der Waals surface area (Å²) in [5.74, 6) is 0. The van der Waals surface area contributed by atoms with Gasteiger partial charge in [-0.15, -0.1) is 0 Å². The number of hydrogen-bond acceptors (Lipinski definition) is 4. The molecule has 0 aliphatic heterocycles. The van der Waals surface area contributed by atoms with Crippen molar-refractivity contribution in [1.29, 1.82) is 0 Å². The first-order valence-corrected chi connectivity index (χ1v) is 12.3. The van der Waals surface area contributed by atoms with Crippen molar-refractivity contribution in [3.63, 3.8) is 0 Å². The molecule has 5 nitrogen and oxygen atoms in total. The van der Waals surface area contributed by atoms with Crippen molar-refractivity contribution in [2.75, 3.05) is 24.1 Å². The highest BCUT2D eigenvalue weighted by molar-refractivity contribution is 7.92. The minimum absolute atomic E-state index is 0.0225. The molecule has 3 rings (SSSR count).